The minimum atomic E-state index is -1.05. The highest BCUT2D eigenvalue weighted by molar-refractivity contribution is 6.30. The average molecular weight is 314 g/mol. The van der Waals surface area contributed by atoms with E-state index in [1.807, 2.05) is 0 Å². The molecule has 0 bridgehead atoms. The number of carboxylic acids is 1. The highest BCUT2D eigenvalue weighted by Gasteiger charge is 2.32. The molecule has 2 N–H and O–H groups in total. The van der Waals surface area contributed by atoms with Crippen LogP contribution in [-0.4, -0.2) is 29.6 Å². The van der Waals surface area contributed by atoms with Gasteiger partial charge in [-0.05, 0) is 23.6 Å². The minimum absolute atomic E-state index is 0.0758. The molecule has 0 aromatic heterocycles. The molecule has 0 aliphatic carbocycles. The molecule has 0 radical (unpaired) electrons. The summed E-state index contributed by atoms with van der Waals surface area (Å²) in [6.07, 6.45) is 0.0758. The van der Waals surface area contributed by atoms with Crippen molar-refractivity contribution in [1.82, 2.24) is 5.32 Å². The molecule has 1 aromatic carbocycles. The lowest BCUT2D eigenvalue weighted by molar-refractivity contribution is -0.145. The van der Waals surface area contributed by atoms with E-state index < -0.39 is 17.4 Å². The van der Waals surface area contributed by atoms with Gasteiger partial charge in [-0.1, -0.05) is 38.4 Å². The first-order valence-electron chi connectivity index (χ1n) is 6.60. The number of ether oxygens (including phenoxy) is 1. The van der Waals surface area contributed by atoms with Crippen molar-refractivity contribution in [3.8, 4) is 5.75 Å². The maximum Gasteiger partial charge on any atom is 0.326 e. The first-order chi connectivity index (χ1) is 9.70. The fraction of sp³-hybridized carbons (Fsp3) is 0.467. The van der Waals surface area contributed by atoms with Gasteiger partial charge in [0, 0.05) is 5.02 Å². The topological polar surface area (TPSA) is 75.6 Å². The van der Waals surface area contributed by atoms with E-state index in [2.05, 4.69) is 5.32 Å². The number of hydrogen-bond acceptors (Lipinski definition) is 3. The number of halogens is 1. The number of carbonyl (C=O) groups is 2. The molecule has 5 nitrogen and oxygen atoms in total. The van der Waals surface area contributed by atoms with E-state index in [4.69, 9.17) is 21.4 Å². The van der Waals surface area contributed by atoms with Crippen LogP contribution in [-0.2, 0) is 9.59 Å². The first kappa shape index (κ1) is 17.3. The number of aliphatic carboxylic acids is 1. The Labute approximate surface area is 129 Å². The van der Waals surface area contributed by atoms with Gasteiger partial charge in [-0.25, -0.2) is 4.79 Å². The molecular formula is C15H20ClNO4. The smallest absolute Gasteiger partial charge is 0.326 e. The van der Waals surface area contributed by atoms with Crippen molar-refractivity contribution in [3.63, 3.8) is 0 Å². The van der Waals surface area contributed by atoms with E-state index in [0.717, 1.165) is 0 Å². The van der Waals surface area contributed by atoms with Gasteiger partial charge < -0.3 is 15.2 Å². The highest BCUT2D eigenvalue weighted by atomic mass is 35.5. The second-order valence-corrected chi connectivity index (χ2v) is 6.20. The lowest BCUT2D eigenvalue weighted by Crippen LogP contribution is -2.49. The van der Waals surface area contributed by atoms with Crippen molar-refractivity contribution in [3.05, 3.63) is 29.3 Å². The third-order valence-corrected chi connectivity index (χ3v) is 3.05. The molecule has 1 rings (SSSR count). The van der Waals surface area contributed by atoms with Crippen LogP contribution in [0.2, 0.25) is 5.02 Å². The van der Waals surface area contributed by atoms with Gasteiger partial charge in [-0.15, -0.1) is 0 Å². The molecule has 1 aromatic rings. The Morgan fingerprint density at radius 2 is 2.05 bits per heavy atom. The van der Waals surface area contributed by atoms with Crippen molar-refractivity contribution in [1.29, 1.82) is 0 Å². The molecule has 0 heterocycles. The number of benzene rings is 1. The first-order valence-corrected chi connectivity index (χ1v) is 6.98. The van der Waals surface area contributed by atoms with Crippen molar-refractivity contribution in [2.24, 2.45) is 5.41 Å². The van der Waals surface area contributed by atoms with Gasteiger partial charge in [0.25, 0.3) is 0 Å². The number of carbonyl (C=O) groups excluding carboxylic acids is 1. The number of carboxylic acid groups (broad SMARTS) is 1. The summed E-state index contributed by atoms with van der Waals surface area (Å²) >= 11 is 5.82. The molecule has 6 heteroatoms. The number of hydrogen-bond donors (Lipinski definition) is 2. The van der Waals surface area contributed by atoms with E-state index in [-0.39, 0.29) is 18.9 Å². The zero-order valence-electron chi connectivity index (χ0n) is 12.4. The Kier molecular flexibility index (Phi) is 6.03. The molecule has 1 amide bonds. The maximum absolute atomic E-state index is 11.8. The number of nitrogens with one attached hydrogen (secondary N) is 1. The Morgan fingerprint density at radius 3 is 2.57 bits per heavy atom. The second kappa shape index (κ2) is 7.31. The summed E-state index contributed by atoms with van der Waals surface area (Å²) in [6, 6.07) is 5.92. The fourth-order valence-corrected chi connectivity index (χ4v) is 1.88. The standard InChI is InChI=1S/C15H20ClNO4/c1-15(2,3)13(14(19)20)17-12(18)7-8-21-11-6-4-5-10(16)9-11/h4-6,9,13H,7-8H2,1-3H3,(H,17,18)(H,19,20). The third-order valence-electron chi connectivity index (χ3n) is 2.81. The summed E-state index contributed by atoms with van der Waals surface area (Å²) in [7, 11) is 0. The van der Waals surface area contributed by atoms with Gasteiger partial charge >= 0.3 is 5.97 Å². The Bertz CT molecular complexity index is 511. The van der Waals surface area contributed by atoms with Gasteiger partial charge in [0.2, 0.25) is 5.91 Å². The molecule has 116 valence electrons. The third kappa shape index (κ3) is 6.04. The SMILES string of the molecule is CC(C)(C)C(NC(=O)CCOc1cccc(Cl)c1)C(=O)O. The van der Waals surface area contributed by atoms with Crippen LogP contribution in [0.3, 0.4) is 0 Å². The van der Waals surface area contributed by atoms with Crippen LogP contribution < -0.4 is 10.1 Å². The zero-order valence-corrected chi connectivity index (χ0v) is 13.1. The molecule has 0 spiro atoms. The van der Waals surface area contributed by atoms with Crippen molar-refractivity contribution >= 4 is 23.5 Å². The van der Waals surface area contributed by atoms with Crippen LogP contribution in [0.15, 0.2) is 24.3 Å². The maximum atomic E-state index is 11.8. The van der Waals surface area contributed by atoms with Crippen LogP contribution in [0.4, 0.5) is 0 Å². The van der Waals surface area contributed by atoms with Crippen LogP contribution in [0.5, 0.6) is 5.75 Å². The Hall–Kier alpha value is -1.75. The van der Waals surface area contributed by atoms with Gasteiger partial charge in [0.1, 0.15) is 11.8 Å². The average Bonchev–Trinajstić information content (AvgIpc) is 2.34. The molecule has 1 atom stereocenters. The van der Waals surface area contributed by atoms with Crippen molar-refractivity contribution in [2.75, 3.05) is 6.61 Å². The van der Waals surface area contributed by atoms with Crippen LogP contribution >= 0.6 is 11.6 Å². The summed E-state index contributed by atoms with van der Waals surface area (Å²) in [5, 5.41) is 12.2. The predicted octanol–water partition coefficient (Wildman–Crippen LogP) is 2.72. The van der Waals surface area contributed by atoms with Gasteiger partial charge in [-0.3, -0.25) is 4.79 Å². The Balaban J connectivity index is 2.45. The van der Waals surface area contributed by atoms with E-state index >= 15 is 0 Å². The molecule has 0 saturated carbocycles. The van der Waals surface area contributed by atoms with E-state index in [1.165, 1.54) is 0 Å². The summed E-state index contributed by atoms with van der Waals surface area (Å²) in [5.74, 6) is -0.841. The normalized spacial score (nSPS) is 12.6. The van der Waals surface area contributed by atoms with E-state index in [9.17, 15) is 9.59 Å². The largest absolute Gasteiger partial charge is 0.493 e. The predicted molar refractivity (Wildman–Crippen MR) is 80.6 cm³/mol. The molecule has 0 saturated heterocycles. The molecule has 0 aliphatic heterocycles. The summed E-state index contributed by atoms with van der Waals surface area (Å²) in [6.45, 7) is 5.43. The monoisotopic (exact) mass is 313 g/mol. The quantitative estimate of drug-likeness (QED) is 0.846. The zero-order chi connectivity index (χ0) is 16.0. The lowest BCUT2D eigenvalue weighted by Gasteiger charge is -2.27. The van der Waals surface area contributed by atoms with E-state index in [0.29, 0.717) is 10.8 Å². The summed E-state index contributed by atoms with van der Waals surface area (Å²) < 4.78 is 5.39. The van der Waals surface area contributed by atoms with Gasteiger partial charge in [0.15, 0.2) is 0 Å². The van der Waals surface area contributed by atoms with Crippen LogP contribution in [0, 0.1) is 5.41 Å². The Morgan fingerprint density at radius 1 is 1.38 bits per heavy atom. The fourth-order valence-electron chi connectivity index (χ4n) is 1.70. The molecular weight excluding hydrogens is 294 g/mol. The lowest BCUT2D eigenvalue weighted by atomic mass is 9.86. The second-order valence-electron chi connectivity index (χ2n) is 5.76. The molecule has 0 aliphatic rings. The number of amides is 1. The molecule has 21 heavy (non-hydrogen) atoms. The van der Waals surface area contributed by atoms with Gasteiger partial charge in [0.05, 0.1) is 13.0 Å². The minimum Gasteiger partial charge on any atom is -0.493 e. The number of rotatable bonds is 6. The summed E-state index contributed by atoms with van der Waals surface area (Å²) in [4.78, 5) is 22.9. The van der Waals surface area contributed by atoms with E-state index in [1.54, 1.807) is 45.0 Å². The molecule has 1 unspecified atom stereocenters. The van der Waals surface area contributed by atoms with Gasteiger partial charge in [-0.2, -0.15) is 0 Å². The van der Waals surface area contributed by atoms with Crippen molar-refractivity contribution in [2.45, 2.75) is 33.2 Å². The molecule has 0 fully saturated rings. The highest BCUT2D eigenvalue weighted by Crippen LogP contribution is 2.20. The summed E-state index contributed by atoms with van der Waals surface area (Å²) in [5.41, 5.74) is -0.560. The van der Waals surface area contributed by atoms with Crippen molar-refractivity contribution < 1.29 is 19.4 Å². The van der Waals surface area contributed by atoms with Crippen LogP contribution in [0.1, 0.15) is 27.2 Å². The van der Waals surface area contributed by atoms with Crippen LogP contribution in [0.25, 0.3) is 0 Å².